The van der Waals surface area contributed by atoms with Gasteiger partial charge in [0, 0.05) is 20.1 Å². The number of amides is 2. The molecule has 0 saturated carbocycles. The summed E-state index contributed by atoms with van der Waals surface area (Å²) in [5.74, 6) is 0.525. The van der Waals surface area contributed by atoms with Gasteiger partial charge in [-0.1, -0.05) is 6.92 Å². The highest BCUT2D eigenvalue weighted by Gasteiger charge is 2.39. The van der Waals surface area contributed by atoms with Gasteiger partial charge < -0.3 is 15.5 Å². The fraction of sp³-hybridized carbons (Fsp3) is 0.833. The summed E-state index contributed by atoms with van der Waals surface area (Å²) in [6, 6.07) is -0.250. The fourth-order valence-electron chi connectivity index (χ4n) is 2.82. The minimum absolute atomic E-state index is 0.0329. The van der Waals surface area contributed by atoms with Crippen LogP contribution < -0.4 is 10.6 Å². The lowest BCUT2D eigenvalue weighted by Gasteiger charge is -2.27. The van der Waals surface area contributed by atoms with Gasteiger partial charge >= 0.3 is 0 Å². The van der Waals surface area contributed by atoms with Gasteiger partial charge in [0.25, 0.3) is 0 Å². The summed E-state index contributed by atoms with van der Waals surface area (Å²) in [5.41, 5.74) is 0. The van der Waals surface area contributed by atoms with Crippen LogP contribution in [0.2, 0.25) is 0 Å². The highest BCUT2D eigenvalue weighted by Crippen LogP contribution is 2.24. The van der Waals surface area contributed by atoms with Crippen molar-refractivity contribution in [1.82, 2.24) is 15.5 Å². The molecule has 0 aromatic heterocycles. The number of carbonyl (C=O) groups is 2. The number of likely N-dealkylation sites (tertiary alicyclic amines) is 1. The van der Waals surface area contributed by atoms with E-state index in [2.05, 4.69) is 17.6 Å². The predicted octanol–water partition coefficient (Wildman–Crippen LogP) is -0.421. The minimum Gasteiger partial charge on any atom is -0.357 e. The molecule has 2 heterocycles. The van der Waals surface area contributed by atoms with Crippen LogP contribution in [0.3, 0.4) is 0 Å². The van der Waals surface area contributed by atoms with Crippen LogP contribution in [-0.4, -0.2) is 49.4 Å². The molecule has 2 rings (SSSR count). The van der Waals surface area contributed by atoms with Crippen LogP contribution in [-0.2, 0) is 9.59 Å². The summed E-state index contributed by atoms with van der Waals surface area (Å²) >= 11 is 0. The molecule has 2 aliphatic rings. The van der Waals surface area contributed by atoms with Crippen molar-refractivity contribution in [2.45, 2.75) is 25.8 Å². The summed E-state index contributed by atoms with van der Waals surface area (Å²) in [4.78, 5) is 25.9. The number of hydrogen-bond acceptors (Lipinski definition) is 3. The fourth-order valence-corrected chi connectivity index (χ4v) is 2.82. The zero-order valence-corrected chi connectivity index (χ0v) is 10.5. The predicted molar refractivity (Wildman–Crippen MR) is 64.3 cm³/mol. The quantitative estimate of drug-likeness (QED) is 0.688. The third kappa shape index (κ3) is 2.29. The number of nitrogens with zero attached hydrogens (tertiary/aromatic N) is 1. The van der Waals surface area contributed by atoms with Crippen LogP contribution in [0.25, 0.3) is 0 Å². The third-order valence-electron chi connectivity index (χ3n) is 3.92. The second-order valence-electron chi connectivity index (χ2n) is 5.05. The zero-order chi connectivity index (χ0) is 12.4. The van der Waals surface area contributed by atoms with Gasteiger partial charge in [-0.3, -0.25) is 9.59 Å². The Balaban J connectivity index is 2.05. The molecular weight excluding hydrogens is 218 g/mol. The Morgan fingerprint density at radius 3 is 2.71 bits per heavy atom. The van der Waals surface area contributed by atoms with Crippen molar-refractivity contribution in [3.05, 3.63) is 0 Å². The van der Waals surface area contributed by atoms with Crippen LogP contribution in [0.1, 0.15) is 19.8 Å². The molecule has 0 aromatic carbocycles. The number of hydrogen-bond donors (Lipinski definition) is 2. The zero-order valence-electron chi connectivity index (χ0n) is 10.5. The Morgan fingerprint density at radius 2 is 2.12 bits per heavy atom. The van der Waals surface area contributed by atoms with Crippen molar-refractivity contribution in [1.29, 1.82) is 0 Å². The van der Waals surface area contributed by atoms with Crippen LogP contribution in [0.5, 0.6) is 0 Å². The van der Waals surface area contributed by atoms with Gasteiger partial charge in [0.05, 0.1) is 5.92 Å². The van der Waals surface area contributed by atoms with E-state index in [-0.39, 0.29) is 23.8 Å². The van der Waals surface area contributed by atoms with Crippen molar-refractivity contribution in [2.75, 3.05) is 26.7 Å². The SMILES string of the molecule is CNC(=O)C1CCCN1C(=O)C1CNCC1C. The Bertz CT molecular complexity index is 319. The second-order valence-corrected chi connectivity index (χ2v) is 5.05. The normalized spacial score (nSPS) is 32.8. The highest BCUT2D eigenvalue weighted by atomic mass is 16.2. The molecule has 17 heavy (non-hydrogen) atoms. The van der Waals surface area contributed by atoms with Crippen LogP contribution in [0.4, 0.5) is 0 Å². The second kappa shape index (κ2) is 5.04. The van der Waals surface area contributed by atoms with E-state index in [1.807, 2.05) is 0 Å². The van der Waals surface area contributed by atoms with Crippen molar-refractivity contribution < 1.29 is 9.59 Å². The van der Waals surface area contributed by atoms with Gasteiger partial charge in [-0.05, 0) is 25.3 Å². The maximum absolute atomic E-state index is 12.4. The van der Waals surface area contributed by atoms with Crippen molar-refractivity contribution in [3.8, 4) is 0 Å². The summed E-state index contributed by atoms with van der Waals surface area (Å²) in [6.45, 7) is 4.46. The summed E-state index contributed by atoms with van der Waals surface area (Å²) < 4.78 is 0. The molecule has 3 atom stereocenters. The van der Waals surface area contributed by atoms with Crippen LogP contribution >= 0.6 is 0 Å². The number of rotatable bonds is 2. The number of likely N-dealkylation sites (N-methyl/N-ethyl adjacent to an activating group) is 1. The molecule has 2 amide bonds. The maximum Gasteiger partial charge on any atom is 0.242 e. The Morgan fingerprint density at radius 1 is 1.35 bits per heavy atom. The molecule has 0 aliphatic carbocycles. The van der Waals surface area contributed by atoms with Gasteiger partial charge in [0.1, 0.15) is 6.04 Å². The first kappa shape index (κ1) is 12.4. The van der Waals surface area contributed by atoms with Crippen molar-refractivity contribution in [3.63, 3.8) is 0 Å². The van der Waals surface area contributed by atoms with E-state index in [9.17, 15) is 9.59 Å². The molecule has 96 valence electrons. The lowest BCUT2D eigenvalue weighted by Crippen LogP contribution is -2.48. The van der Waals surface area contributed by atoms with E-state index in [4.69, 9.17) is 0 Å². The van der Waals surface area contributed by atoms with E-state index < -0.39 is 0 Å². The smallest absolute Gasteiger partial charge is 0.242 e. The summed E-state index contributed by atoms with van der Waals surface area (Å²) in [6.07, 6.45) is 1.72. The number of nitrogens with one attached hydrogen (secondary N) is 2. The van der Waals surface area contributed by atoms with Gasteiger partial charge in [-0.2, -0.15) is 0 Å². The first-order valence-electron chi connectivity index (χ1n) is 6.38. The standard InChI is InChI=1S/C12H21N3O2/c1-8-6-14-7-9(8)12(17)15-5-3-4-10(15)11(16)13-2/h8-10,14H,3-7H2,1-2H3,(H,13,16). The molecular formula is C12H21N3O2. The van der Waals surface area contributed by atoms with E-state index in [0.717, 1.165) is 32.5 Å². The monoisotopic (exact) mass is 239 g/mol. The average Bonchev–Trinajstić information content (AvgIpc) is 2.95. The first-order chi connectivity index (χ1) is 8.15. The Hall–Kier alpha value is -1.10. The lowest BCUT2D eigenvalue weighted by molar-refractivity contribution is -0.141. The summed E-state index contributed by atoms with van der Waals surface area (Å²) in [7, 11) is 1.63. The van der Waals surface area contributed by atoms with E-state index in [1.165, 1.54) is 0 Å². The average molecular weight is 239 g/mol. The van der Waals surface area contributed by atoms with Gasteiger partial charge in [0.15, 0.2) is 0 Å². The topological polar surface area (TPSA) is 61.4 Å². The molecule has 0 bridgehead atoms. The van der Waals surface area contributed by atoms with Crippen molar-refractivity contribution in [2.24, 2.45) is 11.8 Å². The van der Waals surface area contributed by atoms with E-state index >= 15 is 0 Å². The van der Waals surface area contributed by atoms with E-state index in [0.29, 0.717) is 5.92 Å². The summed E-state index contributed by atoms with van der Waals surface area (Å²) in [5, 5.41) is 5.88. The minimum atomic E-state index is -0.250. The molecule has 2 aliphatic heterocycles. The Kier molecular flexibility index (Phi) is 3.66. The van der Waals surface area contributed by atoms with Gasteiger partial charge in [-0.15, -0.1) is 0 Å². The largest absolute Gasteiger partial charge is 0.357 e. The maximum atomic E-state index is 12.4. The van der Waals surface area contributed by atoms with Crippen LogP contribution in [0.15, 0.2) is 0 Å². The van der Waals surface area contributed by atoms with Gasteiger partial charge in [-0.25, -0.2) is 0 Å². The molecule has 3 unspecified atom stereocenters. The molecule has 2 N–H and O–H groups in total. The molecule has 2 saturated heterocycles. The lowest BCUT2D eigenvalue weighted by atomic mass is 9.96. The molecule has 0 aromatic rings. The molecule has 2 fully saturated rings. The molecule has 5 heteroatoms. The van der Waals surface area contributed by atoms with Gasteiger partial charge in [0.2, 0.25) is 11.8 Å². The first-order valence-corrected chi connectivity index (χ1v) is 6.38. The molecule has 5 nitrogen and oxygen atoms in total. The van der Waals surface area contributed by atoms with E-state index in [1.54, 1.807) is 11.9 Å². The van der Waals surface area contributed by atoms with Crippen LogP contribution in [0, 0.1) is 11.8 Å². The molecule has 0 spiro atoms. The molecule has 0 radical (unpaired) electrons. The Labute approximate surface area is 102 Å². The highest BCUT2D eigenvalue weighted by molar-refractivity contribution is 5.89. The third-order valence-corrected chi connectivity index (χ3v) is 3.92. The van der Waals surface area contributed by atoms with Crippen molar-refractivity contribution >= 4 is 11.8 Å². The number of carbonyl (C=O) groups excluding carboxylic acids is 2.